The molecule has 26 heavy (non-hydrogen) atoms. The minimum Gasteiger partial charge on any atom is -0.497 e. The molecule has 0 unspecified atom stereocenters. The second kappa shape index (κ2) is 7.54. The molecular formula is C21H26N2O3. The molecule has 0 radical (unpaired) electrons. The average Bonchev–Trinajstić information content (AvgIpc) is 3.19. The Morgan fingerprint density at radius 3 is 3.00 bits per heavy atom. The number of carbonyl (C=O) groups is 1. The van der Waals surface area contributed by atoms with E-state index < -0.39 is 0 Å². The summed E-state index contributed by atoms with van der Waals surface area (Å²) < 4.78 is 10.8. The molecule has 2 aliphatic rings. The van der Waals surface area contributed by atoms with Crippen molar-refractivity contribution in [3.8, 4) is 5.75 Å². The Morgan fingerprint density at radius 2 is 2.19 bits per heavy atom. The lowest BCUT2D eigenvalue weighted by Gasteiger charge is -2.36. The number of methoxy groups -OCH3 is 1. The van der Waals surface area contributed by atoms with Gasteiger partial charge in [-0.1, -0.05) is 6.07 Å². The highest BCUT2D eigenvalue weighted by Crippen LogP contribution is 2.27. The van der Waals surface area contributed by atoms with E-state index in [2.05, 4.69) is 17.0 Å². The van der Waals surface area contributed by atoms with E-state index in [4.69, 9.17) is 9.15 Å². The molecule has 2 aromatic rings. The molecular weight excluding hydrogens is 328 g/mol. The second-order valence-corrected chi connectivity index (χ2v) is 7.30. The van der Waals surface area contributed by atoms with Crippen LogP contribution >= 0.6 is 0 Å². The number of benzene rings is 1. The summed E-state index contributed by atoms with van der Waals surface area (Å²) in [6.45, 7) is 4.17. The topological polar surface area (TPSA) is 45.9 Å². The van der Waals surface area contributed by atoms with Gasteiger partial charge in [0, 0.05) is 19.6 Å². The molecule has 138 valence electrons. The number of ether oxygens (including phenoxy) is 1. The Morgan fingerprint density at radius 1 is 1.27 bits per heavy atom. The van der Waals surface area contributed by atoms with E-state index in [1.54, 1.807) is 13.4 Å². The Kier molecular flexibility index (Phi) is 4.98. The lowest BCUT2D eigenvalue weighted by molar-refractivity contribution is -0.138. The first-order chi connectivity index (χ1) is 12.7. The fraction of sp³-hybridized carbons (Fsp3) is 0.476. The van der Waals surface area contributed by atoms with Gasteiger partial charge in [0.05, 0.1) is 25.8 Å². The molecule has 5 nitrogen and oxygen atoms in total. The highest BCUT2D eigenvalue weighted by atomic mass is 16.5. The number of likely N-dealkylation sites (tertiary alicyclic amines) is 1. The van der Waals surface area contributed by atoms with Crippen LogP contribution in [-0.2, 0) is 24.3 Å². The zero-order chi connectivity index (χ0) is 17.9. The fourth-order valence-electron chi connectivity index (χ4n) is 4.13. The molecule has 1 aromatic carbocycles. The second-order valence-electron chi connectivity index (χ2n) is 7.30. The van der Waals surface area contributed by atoms with E-state index in [1.807, 2.05) is 23.1 Å². The standard InChI is InChI=1S/C21H26N2O3/c1-25-19-7-6-17-14-23(10-8-16(17)12-19)21(24)18-4-2-9-22(13-18)15-20-5-3-11-26-20/h3,5-7,11-12,18H,2,4,8-10,13-15H2,1H3/t18-/m0/s1. The Hall–Kier alpha value is -2.27. The summed E-state index contributed by atoms with van der Waals surface area (Å²) in [6, 6.07) is 10.1. The monoisotopic (exact) mass is 354 g/mol. The normalized spacial score (nSPS) is 20.7. The van der Waals surface area contributed by atoms with E-state index in [1.165, 1.54) is 11.1 Å². The Bertz CT molecular complexity index is 757. The highest BCUT2D eigenvalue weighted by Gasteiger charge is 2.31. The minimum absolute atomic E-state index is 0.0958. The molecule has 3 heterocycles. The van der Waals surface area contributed by atoms with Crippen molar-refractivity contribution < 1.29 is 13.9 Å². The van der Waals surface area contributed by atoms with Gasteiger partial charge >= 0.3 is 0 Å². The third kappa shape index (κ3) is 3.63. The SMILES string of the molecule is COc1ccc2c(c1)CCN(C(=O)[C@H]1CCCN(Cc3ccco3)C1)C2. The van der Waals surface area contributed by atoms with E-state index in [-0.39, 0.29) is 5.92 Å². The van der Waals surface area contributed by atoms with E-state index in [0.29, 0.717) is 12.5 Å². The van der Waals surface area contributed by atoms with Crippen molar-refractivity contribution in [3.05, 3.63) is 53.5 Å². The first-order valence-corrected chi connectivity index (χ1v) is 9.42. The lowest BCUT2D eigenvalue weighted by Crippen LogP contribution is -2.46. The summed E-state index contributed by atoms with van der Waals surface area (Å²) in [5.74, 6) is 2.26. The highest BCUT2D eigenvalue weighted by molar-refractivity contribution is 5.79. The molecule has 0 saturated carbocycles. The molecule has 4 rings (SSSR count). The minimum atomic E-state index is 0.0958. The summed E-state index contributed by atoms with van der Waals surface area (Å²) in [5, 5.41) is 0. The maximum atomic E-state index is 13.1. The Labute approximate surface area is 154 Å². The quantitative estimate of drug-likeness (QED) is 0.846. The van der Waals surface area contributed by atoms with Gasteiger partial charge in [-0.15, -0.1) is 0 Å². The largest absolute Gasteiger partial charge is 0.497 e. The molecule has 0 spiro atoms. The van der Waals surface area contributed by atoms with Crippen LogP contribution in [0, 0.1) is 5.92 Å². The molecule has 1 atom stereocenters. The molecule has 1 fully saturated rings. The zero-order valence-electron chi connectivity index (χ0n) is 15.3. The van der Waals surface area contributed by atoms with Crippen molar-refractivity contribution in [2.24, 2.45) is 5.92 Å². The number of nitrogens with zero attached hydrogens (tertiary/aromatic N) is 2. The first kappa shape index (κ1) is 17.2. The van der Waals surface area contributed by atoms with Crippen LogP contribution < -0.4 is 4.74 Å². The van der Waals surface area contributed by atoms with Gasteiger partial charge in [0.1, 0.15) is 11.5 Å². The number of carbonyl (C=O) groups excluding carboxylic acids is 1. The third-order valence-corrected chi connectivity index (χ3v) is 5.55. The Balaban J connectivity index is 1.39. The fourth-order valence-corrected chi connectivity index (χ4v) is 4.13. The molecule has 2 aliphatic heterocycles. The summed E-state index contributed by atoms with van der Waals surface area (Å²) in [5.41, 5.74) is 2.55. The van der Waals surface area contributed by atoms with Crippen LogP contribution in [0.4, 0.5) is 0 Å². The van der Waals surface area contributed by atoms with Crippen molar-refractivity contribution >= 4 is 5.91 Å². The number of rotatable bonds is 4. The summed E-state index contributed by atoms with van der Waals surface area (Å²) in [6.07, 6.45) is 4.67. The lowest BCUT2D eigenvalue weighted by atomic mass is 9.93. The average molecular weight is 354 g/mol. The third-order valence-electron chi connectivity index (χ3n) is 5.55. The molecule has 1 aromatic heterocycles. The molecule has 1 amide bonds. The number of hydrogen-bond donors (Lipinski definition) is 0. The van der Waals surface area contributed by atoms with Crippen molar-refractivity contribution in [1.29, 1.82) is 0 Å². The van der Waals surface area contributed by atoms with E-state index in [9.17, 15) is 4.79 Å². The first-order valence-electron chi connectivity index (χ1n) is 9.42. The molecule has 0 aliphatic carbocycles. The van der Waals surface area contributed by atoms with Gasteiger partial charge in [-0.05, 0) is 61.2 Å². The number of furan rings is 1. The van der Waals surface area contributed by atoms with Crippen molar-refractivity contribution in [2.45, 2.75) is 32.4 Å². The number of hydrogen-bond acceptors (Lipinski definition) is 4. The number of piperidine rings is 1. The van der Waals surface area contributed by atoms with Gasteiger partial charge in [-0.25, -0.2) is 0 Å². The van der Waals surface area contributed by atoms with Crippen LogP contribution in [0.3, 0.4) is 0 Å². The predicted molar refractivity (Wildman–Crippen MR) is 98.8 cm³/mol. The maximum absolute atomic E-state index is 13.1. The molecule has 0 bridgehead atoms. The van der Waals surface area contributed by atoms with Crippen LogP contribution in [-0.4, -0.2) is 42.5 Å². The van der Waals surface area contributed by atoms with Crippen LogP contribution in [0.15, 0.2) is 41.0 Å². The van der Waals surface area contributed by atoms with Crippen LogP contribution in [0.1, 0.15) is 29.7 Å². The van der Waals surface area contributed by atoms with E-state index >= 15 is 0 Å². The van der Waals surface area contributed by atoms with Gasteiger partial charge in [0.25, 0.3) is 0 Å². The smallest absolute Gasteiger partial charge is 0.227 e. The molecule has 1 saturated heterocycles. The van der Waals surface area contributed by atoms with Gasteiger partial charge in [0.2, 0.25) is 5.91 Å². The van der Waals surface area contributed by atoms with Crippen molar-refractivity contribution in [2.75, 3.05) is 26.7 Å². The van der Waals surface area contributed by atoms with Crippen molar-refractivity contribution in [3.63, 3.8) is 0 Å². The molecule has 0 N–H and O–H groups in total. The zero-order valence-corrected chi connectivity index (χ0v) is 15.3. The van der Waals surface area contributed by atoms with Gasteiger partial charge in [-0.3, -0.25) is 9.69 Å². The summed E-state index contributed by atoms with van der Waals surface area (Å²) >= 11 is 0. The van der Waals surface area contributed by atoms with Crippen LogP contribution in [0.25, 0.3) is 0 Å². The number of amides is 1. The van der Waals surface area contributed by atoms with Crippen LogP contribution in [0.2, 0.25) is 0 Å². The summed E-state index contributed by atoms with van der Waals surface area (Å²) in [7, 11) is 1.69. The predicted octanol–water partition coefficient (Wildman–Crippen LogP) is 3.09. The van der Waals surface area contributed by atoms with Gasteiger partial charge in [-0.2, -0.15) is 0 Å². The van der Waals surface area contributed by atoms with Gasteiger partial charge < -0.3 is 14.1 Å². The number of fused-ring (bicyclic) bond motifs is 1. The maximum Gasteiger partial charge on any atom is 0.227 e. The van der Waals surface area contributed by atoms with Crippen LogP contribution in [0.5, 0.6) is 5.75 Å². The summed E-state index contributed by atoms with van der Waals surface area (Å²) in [4.78, 5) is 17.5. The molecule has 5 heteroatoms. The van der Waals surface area contributed by atoms with E-state index in [0.717, 1.165) is 57.0 Å². The van der Waals surface area contributed by atoms with Crippen molar-refractivity contribution in [1.82, 2.24) is 9.80 Å². The van der Waals surface area contributed by atoms with Gasteiger partial charge in [0.15, 0.2) is 0 Å².